The summed E-state index contributed by atoms with van der Waals surface area (Å²) >= 11 is 0. The number of aromatic nitrogens is 1. The third-order valence-corrected chi connectivity index (χ3v) is 4.91. The van der Waals surface area contributed by atoms with Crippen LogP contribution in [0.2, 0.25) is 0 Å². The molecule has 0 atom stereocenters. The van der Waals surface area contributed by atoms with Gasteiger partial charge in [-0.25, -0.2) is 4.79 Å². The number of hydrogen-bond acceptors (Lipinski definition) is 4. The topological polar surface area (TPSA) is 49.7 Å². The fourth-order valence-electron chi connectivity index (χ4n) is 3.38. The molecule has 3 aromatic rings. The zero-order valence-electron chi connectivity index (χ0n) is 16.7. The first kappa shape index (κ1) is 19.5. The van der Waals surface area contributed by atoms with E-state index < -0.39 is 0 Å². The second-order valence-corrected chi connectivity index (χ2v) is 6.48. The van der Waals surface area contributed by atoms with E-state index in [4.69, 9.17) is 14.2 Å². The molecule has 0 aliphatic carbocycles. The predicted octanol–water partition coefficient (Wildman–Crippen LogP) is 4.51. The Labute approximate surface area is 165 Å². The number of hydrogen-bond donors (Lipinski definition) is 0. The highest BCUT2D eigenvalue weighted by molar-refractivity contribution is 5.92. The maximum absolute atomic E-state index is 12.2. The Kier molecular flexibility index (Phi) is 6.04. The summed E-state index contributed by atoms with van der Waals surface area (Å²) in [6.45, 7) is 2.68. The Morgan fingerprint density at radius 1 is 0.929 bits per heavy atom. The molecule has 28 heavy (non-hydrogen) atoms. The summed E-state index contributed by atoms with van der Waals surface area (Å²) in [5, 5.41) is 0. The van der Waals surface area contributed by atoms with Gasteiger partial charge in [0.2, 0.25) is 0 Å². The largest absolute Gasteiger partial charge is 0.493 e. The minimum atomic E-state index is -0.320. The highest BCUT2D eigenvalue weighted by Crippen LogP contribution is 2.29. The van der Waals surface area contributed by atoms with E-state index in [9.17, 15) is 4.79 Å². The fourth-order valence-corrected chi connectivity index (χ4v) is 3.38. The summed E-state index contributed by atoms with van der Waals surface area (Å²) in [7, 11) is 4.67. The summed E-state index contributed by atoms with van der Waals surface area (Å²) in [5.74, 6) is 1.10. The molecule has 3 rings (SSSR count). The number of aryl methyl sites for hydroxylation is 1. The van der Waals surface area contributed by atoms with Gasteiger partial charge in [-0.2, -0.15) is 0 Å². The van der Waals surface area contributed by atoms with E-state index in [-0.39, 0.29) is 5.97 Å². The van der Waals surface area contributed by atoms with Crippen LogP contribution in [0.15, 0.2) is 54.6 Å². The van der Waals surface area contributed by atoms with Crippen LogP contribution in [-0.2, 0) is 17.7 Å². The summed E-state index contributed by atoms with van der Waals surface area (Å²) < 4.78 is 17.8. The summed E-state index contributed by atoms with van der Waals surface area (Å²) in [4.78, 5) is 12.2. The summed E-state index contributed by atoms with van der Waals surface area (Å²) in [6, 6.07) is 17.9. The fraction of sp³-hybridized carbons (Fsp3) is 0.261. The lowest BCUT2D eigenvalue weighted by Crippen LogP contribution is -2.08. The molecular formula is C23H25NO4. The van der Waals surface area contributed by atoms with Gasteiger partial charge in [-0.05, 0) is 42.7 Å². The molecule has 0 aliphatic heterocycles. The first-order valence-electron chi connectivity index (χ1n) is 9.13. The molecule has 0 spiro atoms. The number of benzene rings is 2. The molecule has 0 amide bonds. The van der Waals surface area contributed by atoms with E-state index in [1.165, 1.54) is 7.11 Å². The second-order valence-electron chi connectivity index (χ2n) is 6.48. The first-order chi connectivity index (χ1) is 13.6. The van der Waals surface area contributed by atoms with Gasteiger partial charge in [-0.15, -0.1) is 0 Å². The van der Waals surface area contributed by atoms with E-state index in [0.717, 1.165) is 35.5 Å². The van der Waals surface area contributed by atoms with Gasteiger partial charge in [0.15, 0.2) is 11.5 Å². The van der Waals surface area contributed by atoms with Crippen molar-refractivity contribution in [3.05, 3.63) is 71.4 Å². The number of carbonyl (C=O) groups excluding carboxylic acids is 1. The van der Waals surface area contributed by atoms with Crippen LogP contribution in [0, 0.1) is 6.92 Å². The number of rotatable bonds is 7. The molecule has 0 N–H and O–H groups in total. The third kappa shape index (κ3) is 3.88. The minimum Gasteiger partial charge on any atom is -0.493 e. The van der Waals surface area contributed by atoms with Crippen molar-refractivity contribution in [1.29, 1.82) is 0 Å². The van der Waals surface area contributed by atoms with Gasteiger partial charge in [0.05, 0.1) is 26.9 Å². The van der Waals surface area contributed by atoms with Crippen LogP contribution < -0.4 is 9.47 Å². The monoisotopic (exact) mass is 379 g/mol. The number of ether oxygens (including phenoxy) is 3. The smallest absolute Gasteiger partial charge is 0.339 e. The standard InChI is InChI=1S/C23H25NO4/c1-16-19(23(25)28-4)15-20(18-8-6-5-7-9-18)24(16)13-12-17-10-11-21(26-2)22(14-17)27-3/h5-11,14-15H,12-13H2,1-4H3. The maximum atomic E-state index is 12.2. The second kappa shape index (κ2) is 8.65. The van der Waals surface area contributed by atoms with E-state index in [1.807, 2.05) is 61.5 Å². The van der Waals surface area contributed by atoms with Crippen molar-refractivity contribution >= 4 is 5.97 Å². The van der Waals surface area contributed by atoms with Crippen LogP contribution in [-0.4, -0.2) is 31.9 Å². The SMILES string of the molecule is COC(=O)c1cc(-c2ccccc2)n(CCc2ccc(OC)c(OC)c2)c1C. The number of esters is 1. The molecule has 0 bridgehead atoms. The van der Waals surface area contributed by atoms with Crippen molar-refractivity contribution in [1.82, 2.24) is 4.57 Å². The highest BCUT2D eigenvalue weighted by Gasteiger charge is 2.19. The first-order valence-corrected chi connectivity index (χ1v) is 9.13. The van der Waals surface area contributed by atoms with Gasteiger partial charge in [0, 0.05) is 17.9 Å². The molecule has 0 saturated carbocycles. The van der Waals surface area contributed by atoms with Crippen molar-refractivity contribution in [3.8, 4) is 22.8 Å². The Hall–Kier alpha value is -3.21. The Morgan fingerprint density at radius 2 is 1.64 bits per heavy atom. The molecule has 1 aromatic heterocycles. The molecule has 0 fully saturated rings. The Bertz CT molecular complexity index is 960. The molecular weight excluding hydrogens is 354 g/mol. The number of carbonyl (C=O) groups is 1. The van der Waals surface area contributed by atoms with Gasteiger partial charge in [-0.3, -0.25) is 0 Å². The van der Waals surface area contributed by atoms with Crippen LogP contribution in [0.3, 0.4) is 0 Å². The molecule has 0 aliphatic rings. The average molecular weight is 379 g/mol. The van der Waals surface area contributed by atoms with Crippen molar-refractivity contribution in [2.45, 2.75) is 19.9 Å². The maximum Gasteiger partial charge on any atom is 0.339 e. The predicted molar refractivity (Wildman–Crippen MR) is 109 cm³/mol. The lowest BCUT2D eigenvalue weighted by molar-refractivity contribution is 0.0600. The Balaban J connectivity index is 1.95. The van der Waals surface area contributed by atoms with Gasteiger partial charge in [0.25, 0.3) is 0 Å². The molecule has 0 radical (unpaired) electrons. The molecule has 1 heterocycles. The lowest BCUT2D eigenvalue weighted by Gasteiger charge is -2.14. The highest BCUT2D eigenvalue weighted by atomic mass is 16.5. The van der Waals surface area contributed by atoms with Crippen molar-refractivity contribution < 1.29 is 19.0 Å². The molecule has 0 saturated heterocycles. The molecule has 146 valence electrons. The van der Waals surface area contributed by atoms with Crippen LogP contribution in [0.5, 0.6) is 11.5 Å². The lowest BCUT2D eigenvalue weighted by atomic mass is 10.1. The van der Waals surface area contributed by atoms with Crippen LogP contribution in [0.25, 0.3) is 11.3 Å². The van der Waals surface area contributed by atoms with Crippen molar-refractivity contribution in [2.24, 2.45) is 0 Å². The molecule has 0 unspecified atom stereocenters. The van der Waals surface area contributed by atoms with E-state index in [0.29, 0.717) is 17.1 Å². The molecule has 5 nitrogen and oxygen atoms in total. The minimum absolute atomic E-state index is 0.320. The quantitative estimate of drug-likeness (QED) is 0.567. The van der Waals surface area contributed by atoms with E-state index in [2.05, 4.69) is 4.57 Å². The van der Waals surface area contributed by atoms with Crippen LogP contribution in [0.1, 0.15) is 21.6 Å². The van der Waals surface area contributed by atoms with Gasteiger partial charge in [0.1, 0.15) is 0 Å². The van der Waals surface area contributed by atoms with Gasteiger partial charge < -0.3 is 18.8 Å². The molecule has 5 heteroatoms. The zero-order valence-corrected chi connectivity index (χ0v) is 16.7. The normalized spacial score (nSPS) is 10.6. The van der Waals surface area contributed by atoms with Crippen molar-refractivity contribution in [3.63, 3.8) is 0 Å². The van der Waals surface area contributed by atoms with E-state index in [1.54, 1.807) is 14.2 Å². The summed E-state index contributed by atoms with van der Waals surface area (Å²) in [6.07, 6.45) is 0.788. The van der Waals surface area contributed by atoms with Crippen LogP contribution >= 0.6 is 0 Å². The van der Waals surface area contributed by atoms with Gasteiger partial charge >= 0.3 is 5.97 Å². The molecule has 2 aromatic carbocycles. The Morgan fingerprint density at radius 3 is 2.29 bits per heavy atom. The number of nitrogens with zero attached hydrogens (tertiary/aromatic N) is 1. The average Bonchev–Trinajstić information content (AvgIpc) is 3.08. The summed E-state index contributed by atoms with van der Waals surface area (Å²) in [5.41, 5.74) is 4.68. The van der Waals surface area contributed by atoms with Crippen LogP contribution in [0.4, 0.5) is 0 Å². The van der Waals surface area contributed by atoms with Crippen molar-refractivity contribution in [2.75, 3.05) is 21.3 Å². The zero-order chi connectivity index (χ0) is 20.1. The van der Waals surface area contributed by atoms with E-state index >= 15 is 0 Å². The number of methoxy groups -OCH3 is 3. The van der Waals surface area contributed by atoms with Gasteiger partial charge in [-0.1, -0.05) is 36.4 Å². The third-order valence-electron chi connectivity index (χ3n) is 4.91.